The first-order valence-corrected chi connectivity index (χ1v) is 6.39. The van der Waals surface area contributed by atoms with Gasteiger partial charge >= 0.3 is 5.69 Å². The predicted molar refractivity (Wildman–Crippen MR) is 72.8 cm³/mol. The van der Waals surface area contributed by atoms with Crippen molar-refractivity contribution in [2.45, 2.75) is 13.8 Å². The smallest absolute Gasteiger partial charge is 0.288 e. The van der Waals surface area contributed by atoms with Gasteiger partial charge in [0.15, 0.2) is 5.12 Å². The van der Waals surface area contributed by atoms with Crippen LogP contribution in [0.2, 0.25) is 5.15 Å². The van der Waals surface area contributed by atoms with E-state index in [0.29, 0.717) is 16.9 Å². The number of thioether (sulfide) groups is 1. The van der Waals surface area contributed by atoms with Gasteiger partial charge in [-0.15, -0.1) is 0 Å². The highest BCUT2D eigenvalue weighted by molar-refractivity contribution is 8.13. The van der Waals surface area contributed by atoms with Crippen LogP contribution in [0.4, 0.5) is 5.69 Å². The van der Waals surface area contributed by atoms with Gasteiger partial charge in [-0.1, -0.05) is 35.5 Å². The normalized spacial score (nSPS) is 10.8. The van der Waals surface area contributed by atoms with Crippen LogP contribution in [0.15, 0.2) is 12.3 Å². The molecule has 96 valence electrons. The third-order valence-electron chi connectivity index (χ3n) is 2.16. The van der Waals surface area contributed by atoms with Crippen molar-refractivity contribution in [2.75, 3.05) is 5.75 Å². The van der Waals surface area contributed by atoms with E-state index in [0.717, 1.165) is 11.8 Å². The monoisotopic (exact) mass is 286 g/mol. The highest BCUT2D eigenvalue weighted by Gasteiger charge is 2.19. The van der Waals surface area contributed by atoms with Gasteiger partial charge in [0.1, 0.15) is 0 Å². The lowest BCUT2D eigenvalue weighted by Gasteiger charge is -2.02. The summed E-state index contributed by atoms with van der Waals surface area (Å²) in [6, 6.07) is 0. The van der Waals surface area contributed by atoms with E-state index in [1.165, 1.54) is 13.1 Å². The van der Waals surface area contributed by atoms with Gasteiger partial charge in [0, 0.05) is 30.0 Å². The quantitative estimate of drug-likeness (QED) is 0.482. The number of hydrogen-bond acceptors (Lipinski definition) is 5. The minimum atomic E-state index is -0.549. The predicted octanol–water partition coefficient (Wildman–Crippen LogP) is 3.24. The van der Waals surface area contributed by atoms with Crippen LogP contribution in [0.3, 0.4) is 0 Å². The summed E-state index contributed by atoms with van der Waals surface area (Å²) in [5, 5.41) is 10.7. The number of halogens is 1. The molecular formula is C11H11ClN2O3S. The van der Waals surface area contributed by atoms with E-state index < -0.39 is 4.92 Å². The molecule has 5 nitrogen and oxygen atoms in total. The van der Waals surface area contributed by atoms with Crippen LogP contribution < -0.4 is 0 Å². The molecule has 1 aromatic rings. The third kappa shape index (κ3) is 3.82. The SMILES string of the molecule is CC(=O)SCC=Cc1cnc(Cl)c([N+](=O)[O-])c1C. The lowest BCUT2D eigenvalue weighted by molar-refractivity contribution is -0.385. The van der Waals surface area contributed by atoms with Crippen molar-refractivity contribution >= 4 is 40.2 Å². The fourth-order valence-corrected chi connectivity index (χ4v) is 1.98. The Morgan fingerprint density at radius 1 is 1.67 bits per heavy atom. The summed E-state index contributed by atoms with van der Waals surface area (Å²) in [6.07, 6.45) is 4.93. The average molecular weight is 287 g/mol. The lowest BCUT2D eigenvalue weighted by Crippen LogP contribution is -1.97. The molecule has 0 bridgehead atoms. The molecule has 7 heteroatoms. The Morgan fingerprint density at radius 2 is 2.33 bits per heavy atom. The molecule has 0 saturated carbocycles. The molecule has 1 rings (SSSR count). The second kappa shape index (κ2) is 6.51. The van der Waals surface area contributed by atoms with Crippen LogP contribution in [0, 0.1) is 17.0 Å². The van der Waals surface area contributed by atoms with Crippen LogP contribution in [0.25, 0.3) is 6.08 Å². The number of hydrogen-bond donors (Lipinski definition) is 0. The van der Waals surface area contributed by atoms with Crippen molar-refractivity contribution in [2.24, 2.45) is 0 Å². The van der Waals surface area contributed by atoms with E-state index in [2.05, 4.69) is 4.98 Å². The summed E-state index contributed by atoms with van der Waals surface area (Å²) in [6.45, 7) is 3.10. The van der Waals surface area contributed by atoms with Crippen LogP contribution in [-0.2, 0) is 4.79 Å². The summed E-state index contributed by atoms with van der Waals surface area (Å²) < 4.78 is 0. The molecule has 1 heterocycles. The van der Waals surface area contributed by atoms with Gasteiger partial charge in [-0.3, -0.25) is 14.9 Å². The zero-order valence-electron chi connectivity index (χ0n) is 9.84. The second-order valence-corrected chi connectivity index (χ2v) is 4.99. The first kappa shape index (κ1) is 14.7. The van der Waals surface area contributed by atoms with Gasteiger partial charge in [-0.05, 0) is 6.92 Å². The van der Waals surface area contributed by atoms with Gasteiger partial charge in [0.25, 0.3) is 0 Å². The van der Waals surface area contributed by atoms with Crippen molar-refractivity contribution in [3.8, 4) is 0 Å². The van der Waals surface area contributed by atoms with Crippen LogP contribution >= 0.6 is 23.4 Å². The zero-order chi connectivity index (χ0) is 13.7. The molecule has 0 aliphatic carbocycles. The van der Waals surface area contributed by atoms with Gasteiger partial charge < -0.3 is 0 Å². The summed E-state index contributed by atoms with van der Waals surface area (Å²) in [4.78, 5) is 24.8. The van der Waals surface area contributed by atoms with Crippen molar-refractivity contribution in [3.05, 3.63) is 38.7 Å². The standard InChI is InChI=1S/C11H11ClN2O3S/c1-7-9(4-3-5-18-8(2)15)6-13-11(12)10(7)14(16)17/h3-4,6H,5H2,1-2H3. The molecule has 0 aromatic carbocycles. The van der Waals surface area contributed by atoms with Crippen LogP contribution in [-0.4, -0.2) is 20.8 Å². The minimum Gasteiger partial charge on any atom is -0.288 e. The highest BCUT2D eigenvalue weighted by Crippen LogP contribution is 2.28. The van der Waals surface area contributed by atoms with Crippen molar-refractivity contribution in [3.63, 3.8) is 0 Å². The molecule has 0 aliphatic heterocycles. The maximum absolute atomic E-state index is 10.8. The summed E-state index contributed by atoms with van der Waals surface area (Å²) in [5.41, 5.74) is 0.900. The molecule has 0 aliphatic rings. The van der Waals surface area contributed by atoms with Gasteiger partial charge in [-0.25, -0.2) is 4.98 Å². The van der Waals surface area contributed by atoms with Gasteiger partial charge in [-0.2, -0.15) is 0 Å². The maximum Gasteiger partial charge on any atom is 0.309 e. The minimum absolute atomic E-state index is 0.0246. The van der Waals surface area contributed by atoms with Crippen molar-refractivity contribution < 1.29 is 9.72 Å². The Morgan fingerprint density at radius 3 is 2.89 bits per heavy atom. The molecule has 0 radical (unpaired) electrons. The van der Waals surface area contributed by atoms with Crippen molar-refractivity contribution in [1.82, 2.24) is 4.98 Å². The van der Waals surface area contributed by atoms with Crippen molar-refractivity contribution in [1.29, 1.82) is 0 Å². The fourth-order valence-electron chi connectivity index (χ4n) is 1.30. The number of pyridine rings is 1. The number of carbonyl (C=O) groups is 1. The largest absolute Gasteiger partial charge is 0.309 e. The first-order chi connectivity index (χ1) is 8.43. The highest BCUT2D eigenvalue weighted by atomic mass is 35.5. The van der Waals surface area contributed by atoms with Crippen LogP contribution in [0.5, 0.6) is 0 Å². The number of aromatic nitrogens is 1. The molecule has 0 amide bonds. The molecular weight excluding hydrogens is 276 g/mol. The topological polar surface area (TPSA) is 73.1 Å². The number of nitro groups is 1. The first-order valence-electron chi connectivity index (χ1n) is 5.03. The van der Waals surface area contributed by atoms with Crippen LogP contribution in [0.1, 0.15) is 18.1 Å². The maximum atomic E-state index is 10.8. The number of rotatable bonds is 4. The molecule has 1 aromatic heterocycles. The summed E-state index contributed by atoms with van der Waals surface area (Å²) >= 11 is 6.84. The molecule has 0 N–H and O–H groups in total. The van der Waals surface area contributed by atoms with E-state index in [4.69, 9.17) is 11.6 Å². The molecule has 0 unspecified atom stereocenters. The molecule has 18 heavy (non-hydrogen) atoms. The van der Waals surface area contributed by atoms with E-state index in [9.17, 15) is 14.9 Å². The van der Waals surface area contributed by atoms with Gasteiger partial charge in [0.05, 0.1) is 4.92 Å². The Bertz CT molecular complexity index is 517. The second-order valence-electron chi connectivity index (χ2n) is 3.44. The molecule has 0 atom stereocenters. The van der Waals surface area contributed by atoms with Gasteiger partial charge in [0.2, 0.25) is 5.15 Å². The average Bonchev–Trinajstić information content (AvgIpc) is 2.26. The Kier molecular flexibility index (Phi) is 5.30. The number of nitrogens with zero attached hydrogens (tertiary/aromatic N) is 2. The third-order valence-corrected chi connectivity index (χ3v) is 3.21. The Labute approximate surface area is 113 Å². The molecule has 0 fully saturated rings. The van der Waals surface area contributed by atoms with E-state index >= 15 is 0 Å². The van der Waals surface area contributed by atoms with E-state index in [1.807, 2.05) is 0 Å². The molecule has 0 saturated heterocycles. The lowest BCUT2D eigenvalue weighted by atomic mass is 10.1. The summed E-state index contributed by atoms with van der Waals surface area (Å²) in [7, 11) is 0. The van der Waals surface area contributed by atoms with E-state index in [1.54, 1.807) is 19.1 Å². The Hall–Kier alpha value is -1.40. The fraction of sp³-hybridized carbons (Fsp3) is 0.273. The summed E-state index contributed by atoms with van der Waals surface area (Å²) in [5.74, 6) is 0.519. The number of carbonyl (C=O) groups excluding carboxylic acids is 1. The van der Waals surface area contributed by atoms with E-state index in [-0.39, 0.29) is 16.0 Å². The Balaban J connectivity index is 2.94. The molecule has 0 spiro atoms. The zero-order valence-corrected chi connectivity index (χ0v) is 11.4.